The first-order valence-electron chi connectivity index (χ1n) is 6.48. The summed E-state index contributed by atoms with van der Waals surface area (Å²) in [5.74, 6) is 1.94. The van der Waals surface area contributed by atoms with Crippen molar-refractivity contribution in [2.24, 2.45) is 0 Å². The van der Waals surface area contributed by atoms with Crippen molar-refractivity contribution in [3.63, 3.8) is 0 Å². The highest BCUT2D eigenvalue weighted by molar-refractivity contribution is 5.71. The predicted octanol–water partition coefficient (Wildman–Crippen LogP) is 5.23. The van der Waals surface area contributed by atoms with Crippen LogP contribution in [0.5, 0.6) is 0 Å². The Hall–Kier alpha value is -2.28. The minimum Gasteiger partial charge on any atom is -0.456 e. The molecule has 0 aliphatic carbocycles. The van der Waals surface area contributed by atoms with Gasteiger partial charge in [0.05, 0.1) is 0 Å². The standard InChI is InChI=1S/C18H16O/c1-13-14(2)18(16-11-7-4-8-12-16)19-17(13)15-9-5-3-6-10-15/h3-12H,1-2H3. The maximum Gasteiger partial charge on any atom is 0.137 e. The number of benzene rings is 2. The molecule has 19 heavy (non-hydrogen) atoms. The maximum atomic E-state index is 6.12. The van der Waals surface area contributed by atoms with E-state index in [0.29, 0.717) is 0 Å². The van der Waals surface area contributed by atoms with Gasteiger partial charge in [-0.3, -0.25) is 0 Å². The lowest BCUT2D eigenvalue weighted by molar-refractivity contribution is 0.594. The van der Waals surface area contributed by atoms with Crippen LogP contribution in [0.25, 0.3) is 22.6 Å². The monoisotopic (exact) mass is 248 g/mol. The van der Waals surface area contributed by atoms with Crippen LogP contribution in [0, 0.1) is 13.8 Å². The first-order valence-corrected chi connectivity index (χ1v) is 6.48. The van der Waals surface area contributed by atoms with Gasteiger partial charge in [0.25, 0.3) is 0 Å². The fraction of sp³-hybridized carbons (Fsp3) is 0.111. The highest BCUT2D eigenvalue weighted by atomic mass is 16.3. The molecule has 94 valence electrons. The van der Waals surface area contributed by atoms with Crippen LogP contribution in [-0.4, -0.2) is 0 Å². The second-order valence-corrected chi connectivity index (χ2v) is 4.74. The maximum absolute atomic E-state index is 6.12. The molecule has 0 N–H and O–H groups in total. The van der Waals surface area contributed by atoms with E-state index in [2.05, 4.69) is 38.1 Å². The quantitative estimate of drug-likeness (QED) is 0.605. The minimum atomic E-state index is 0.969. The van der Waals surface area contributed by atoms with Crippen molar-refractivity contribution in [1.82, 2.24) is 0 Å². The van der Waals surface area contributed by atoms with Crippen molar-refractivity contribution in [3.8, 4) is 22.6 Å². The van der Waals surface area contributed by atoms with E-state index in [1.165, 1.54) is 11.1 Å². The number of hydrogen-bond acceptors (Lipinski definition) is 1. The van der Waals surface area contributed by atoms with Crippen LogP contribution in [0.2, 0.25) is 0 Å². The molecule has 1 nitrogen and oxygen atoms in total. The Morgan fingerprint density at radius 3 is 1.32 bits per heavy atom. The summed E-state index contributed by atoms with van der Waals surface area (Å²) in [6, 6.07) is 20.5. The Morgan fingerprint density at radius 1 is 0.579 bits per heavy atom. The van der Waals surface area contributed by atoms with Crippen molar-refractivity contribution in [2.75, 3.05) is 0 Å². The van der Waals surface area contributed by atoms with E-state index < -0.39 is 0 Å². The van der Waals surface area contributed by atoms with E-state index in [1.54, 1.807) is 0 Å². The summed E-state index contributed by atoms with van der Waals surface area (Å²) in [4.78, 5) is 0. The van der Waals surface area contributed by atoms with Gasteiger partial charge in [0.15, 0.2) is 0 Å². The number of furan rings is 1. The molecular formula is C18H16O. The molecule has 3 rings (SSSR count). The van der Waals surface area contributed by atoms with Gasteiger partial charge in [-0.15, -0.1) is 0 Å². The summed E-state index contributed by atoms with van der Waals surface area (Å²) in [5.41, 5.74) is 4.69. The fourth-order valence-corrected chi connectivity index (χ4v) is 2.33. The zero-order chi connectivity index (χ0) is 13.2. The van der Waals surface area contributed by atoms with E-state index in [-0.39, 0.29) is 0 Å². The van der Waals surface area contributed by atoms with Crippen LogP contribution in [0.1, 0.15) is 11.1 Å². The molecule has 0 spiro atoms. The fourth-order valence-electron chi connectivity index (χ4n) is 2.33. The molecule has 0 unspecified atom stereocenters. The molecule has 1 heteroatoms. The van der Waals surface area contributed by atoms with E-state index in [0.717, 1.165) is 22.6 Å². The van der Waals surface area contributed by atoms with Gasteiger partial charge in [0.1, 0.15) is 11.5 Å². The van der Waals surface area contributed by atoms with Crippen molar-refractivity contribution in [2.45, 2.75) is 13.8 Å². The van der Waals surface area contributed by atoms with Crippen LogP contribution in [0.4, 0.5) is 0 Å². The third-order valence-corrected chi connectivity index (χ3v) is 3.52. The van der Waals surface area contributed by atoms with Gasteiger partial charge in [-0.2, -0.15) is 0 Å². The average Bonchev–Trinajstić information content (AvgIpc) is 2.77. The Bertz CT molecular complexity index is 618. The first-order chi connectivity index (χ1) is 9.27. The van der Waals surface area contributed by atoms with Gasteiger partial charge in [-0.25, -0.2) is 0 Å². The molecule has 0 aliphatic heterocycles. The molecule has 0 fully saturated rings. The summed E-state index contributed by atoms with van der Waals surface area (Å²) in [6.45, 7) is 4.24. The van der Waals surface area contributed by atoms with Gasteiger partial charge in [-0.05, 0) is 25.0 Å². The summed E-state index contributed by atoms with van der Waals surface area (Å²) < 4.78 is 6.12. The van der Waals surface area contributed by atoms with Crippen LogP contribution in [0.3, 0.4) is 0 Å². The molecule has 0 atom stereocenters. The second-order valence-electron chi connectivity index (χ2n) is 4.74. The zero-order valence-corrected chi connectivity index (χ0v) is 11.2. The number of hydrogen-bond donors (Lipinski definition) is 0. The molecule has 0 aliphatic rings. The number of rotatable bonds is 2. The Balaban J connectivity index is 2.16. The van der Waals surface area contributed by atoms with E-state index in [9.17, 15) is 0 Å². The predicted molar refractivity (Wildman–Crippen MR) is 79.1 cm³/mol. The molecule has 1 aromatic heterocycles. The van der Waals surface area contributed by atoms with Crippen LogP contribution < -0.4 is 0 Å². The third-order valence-electron chi connectivity index (χ3n) is 3.52. The SMILES string of the molecule is Cc1c(-c2ccccc2)oc(-c2ccccc2)c1C. The lowest BCUT2D eigenvalue weighted by Crippen LogP contribution is -1.79. The lowest BCUT2D eigenvalue weighted by Gasteiger charge is -1.98. The van der Waals surface area contributed by atoms with Crippen molar-refractivity contribution in [3.05, 3.63) is 71.8 Å². The topological polar surface area (TPSA) is 13.1 Å². The molecule has 0 radical (unpaired) electrons. The largest absolute Gasteiger partial charge is 0.456 e. The summed E-state index contributed by atoms with van der Waals surface area (Å²) >= 11 is 0. The smallest absolute Gasteiger partial charge is 0.137 e. The Morgan fingerprint density at radius 2 is 0.947 bits per heavy atom. The molecule has 0 amide bonds. The molecule has 1 heterocycles. The summed E-state index contributed by atoms with van der Waals surface area (Å²) in [5, 5.41) is 0. The molecular weight excluding hydrogens is 232 g/mol. The lowest BCUT2D eigenvalue weighted by atomic mass is 10.0. The van der Waals surface area contributed by atoms with Gasteiger partial charge >= 0.3 is 0 Å². The van der Waals surface area contributed by atoms with Gasteiger partial charge < -0.3 is 4.42 Å². The third kappa shape index (κ3) is 2.08. The summed E-state index contributed by atoms with van der Waals surface area (Å²) in [7, 11) is 0. The van der Waals surface area contributed by atoms with Crippen LogP contribution in [0.15, 0.2) is 65.1 Å². The molecule has 0 saturated heterocycles. The molecule has 0 saturated carbocycles. The van der Waals surface area contributed by atoms with Crippen molar-refractivity contribution >= 4 is 0 Å². The average molecular weight is 248 g/mol. The molecule has 3 aromatic rings. The van der Waals surface area contributed by atoms with E-state index in [4.69, 9.17) is 4.42 Å². The van der Waals surface area contributed by atoms with E-state index >= 15 is 0 Å². The first kappa shape index (κ1) is 11.8. The minimum absolute atomic E-state index is 0.969. The Kier molecular flexibility index (Phi) is 2.96. The second kappa shape index (κ2) is 4.77. The van der Waals surface area contributed by atoms with Gasteiger partial charge in [-0.1, -0.05) is 60.7 Å². The highest BCUT2D eigenvalue weighted by Crippen LogP contribution is 2.35. The zero-order valence-electron chi connectivity index (χ0n) is 11.2. The highest BCUT2D eigenvalue weighted by Gasteiger charge is 2.15. The van der Waals surface area contributed by atoms with Crippen molar-refractivity contribution < 1.29 is 4.42 Å². The Labute approximate surface area is 113 Å². The molecule has 2 aromatic carbocycles. The van der Waals surface area contributed by atoms with E-state index in [1.807, 2.05) is 36.4 Å². The summed E-state index contributed by atoms with van der Waals surface area (Å²) in [6.07, 6.45) is 0. The van der Waals surface area contributed by atoms with Gasteiger partial charge in [0, 0.05) is 11.1 Å². The van der Waals surface area contributed by atoms with Crippen molar-refractivity contribution in [1.29, 1.82) is 0 Å². The van der Waals surface area contributed by atoms with Crippen LogP contribution in [-0.2, 0) is 0 Å². The molecule has 0 bridgehead atoms. The van der Waals surface area contributed by atoms with Crippen LogP contribution >= 0.6 is 0 Å². The normalized spacial score (nSPS) is 10.6. The van der Waals surface area contributed by atoms with Gasteiger partial charge in [0.2, 0.25) is 0 Å².